The van der Waals surface area contributed by atoms with Crippen LogP contribution in [-0.4, -0.2) is 17.1 Å². The summed E-state index contributed by atoms with van der Waals surface area (Å²) < 4.78 is 5.68. The van der Waals surface area contributed by atoms with Crippen LogP contribution < -0.4 is 4.74 Å². The molecule has 4 heteroatoms. The summed E-state index contributed by atoms with van der Waals surface area (Å²) in [6, 6.07) is 12.1. The van der Waals surface area contributed by atoms with Crippen LogP contribution in [0.2, 0.25) is 0 Å². The highest BCUT2D eigenvalue weighted by atomic mass is 32.1. The number of aromatic amines is 1. The molecule has 0 aliphatic carbocycles. The molecule has 0 atom stereocenters. The molecule has 0 saturated carbocycles. The fourth-order valence-electron chi connectivity index (χ4n) is 1.94. The summed E-state index contributed by atoms with van der Waals surface area (Å²) in [4.78, 5) is 7.59. The second-order valence-electron chi connectivity index (χ2n) is 3.76. The lowest BCUT2D eigenvalue weighted by molar-refractivity contribution is 0.396. The molecule has 0 unspecified atom stereocenters. The van der Waals surface area contributed by atoms with E-state index in [0.29, 0.717) is 10.5 Å². The van der Waals surface area contributed by atoms with E-state index >= 15 is 0 Å². The van der Waals surface area contributed by atoms with Crippen LogP contribution in [0, 0.1) is 4.64 Å². The quantitative estimate of drug-likeness (QED) is 0.524. The lowest BCUT2D eigenvalue weighted by Gasteiger charge is -2.05. The summed E-state index contributed by atoms with van der Waals surface area (Å²) in [6.07, 6.45) is 0. The molecule has 1 heterocycles. The van der Waals surface area contributed by atoms with Crippen molar-refractivity contribution in [2.24, 2.45) is 0 Å². The number of nitrogens with zero attached hydrogens (tertiary/aromatic N) is 1. The normalized spacial score (nSPS) is 10.9. The molecule has 2 aromatic carbocycles. The molecule has 0 aliphatic heterocycles. The average Bonchev–Trinajstić information content (AvgIpc) is 2.37. The Morgan fingerprint density at radius 1 is 1.18 bits per heavy atom. The van der Waals surface area contributed by atoms with Gasteiger partial charge in [-0.2, -0.15) is 0 Å². The van der Waals surface area contributed by atoms with Gasteiger partial charge in [-0.25, -0.2) is 4.98 Å². The maximum Gasteiger partial charge on any atom is 0.249 e. The van der Waals surface area contributed by atoms with Crippen LogP contribution in [0.15, 0.2) is 36.4 Å². The van der Waals surface area contributed by atoms with E-state index in [2.05, 4.69) is 22.1 Å². The van der Waals surface area contributed by atoms with Gasteiger partial charge in [0, 0.05) is 5.39 Å². The van der Waals surface area contributed by atoms with E-state index in [1.807, 2.05) is 24.3 Å². The standard InChI is InChI=1S/C13H10N2OS/c1-16-12-13(17)14-10-7-6-8-4-2-3-5-9(8)11(10)15-12/h2-7H,1H3,(H,14,17). The molecule has 1 N–H and O–H groups in total. The first kappa shape index (κ1) is 10.2. The van der Waals surface area contributed by atoms with Gasteiger partial charge in [-0.1, -0.05) is 42.5 Å². The maximum absolute atomic E-state index is 5.16. The van der Waals surface area contributed by atoms with Crippen molar-refractivity contribution in [1.29, 1.82) is 0 Å². The van der Waals surface area contributed by atoms with E-state index in [-0.39, 0.29) is 0 Å². The number of hydrogen-bond donors (Lipinski definition) is 1. The molecule has 0 bridgehead atoms. The Labute approximate surface area is 103 Å². The van der Waals surface area contributed by atoms with Crippen LogP contribution in [0.3, 0.4) is 0 Å². The molecule has 0 spiro atoms. The summed E-state index contributed by atoms with van der Waals surface area (Å²) in [7, 11) is 1.57. The molecule has 0 radical (unpaired) electrons. The summed E-state index contributed by atoms with van der Waals surface area (Å²) in [6.45, 7) is 0. The minimum atomic E-state index is 0.462. The summed E-state index contributed by atoms with van der Waals surface area (Å²) in [5.74, 6) is 0.462. The number of aromatic nitrogens is 2. The molecule has 0 amide bonds. The van der Waals surface area contributed by atoms with Crippen LogP contribution >= 0.6 is 12.2 Å². The Bertz CT molecular complexity index is 764. The lowest BCUT2D eigenvalue weighted by Crippen LogP contribution is -1.93. The number of rotatable bonds is 1. The molecule has 3 rings (SSSR count). The Kier molecular flexibility index (Phi) is 2.30. The van der Waals surface area contributed by atoms with E-state index in [1.54, 1.807) is 7.11 Å². The SMILES string of the molecule is COc1nc2c(ccc3ccccc32)[nH]c1=S. The predicted molar refractivity (Wildman–Crippen MR) is 71.0 cm³/mol. The van der Waals surface area contributed by atoms with Gasteiger partial charge in [0.05, 0.1) is 18.1 Å². The third-order valence-corrected chi connectivity index (χ3v) is 3.03. The van der Waals surface area contributed by atoms with Crippen molar-refractivity contribution in [2.75, 3.05) is 7.11 Å². The van der Waals surface area contributed by atoms with Gasteiger partial charge in [0.15, 0.2) is 4.64 Å². The minimum Gasteiger partial charge on any atom is -0.479 e. The van der Waals surface area contributed by atoms with Crippen molar-refractivity contribution in [3.63, 3.8) is 0 Å². The highest BCUT2D eigenvalue weighted by Crippen LogP contribution is 2.24. The summed E-state index contributed by atoms with van der Waals surface area (Å²) in [5.41, 5.74) is 1.81. The molecule has 0 aliphatic rings. The highest BCUT2D eigenvalue weighted by Gasteiger charge is 2.05. The van der Waals surface area contributed by atoms with Crippen LogP contribution in [0.5, 0.6) is 5.88 Å². The highest BCUT2D eigenvalue weighted by molar-refractivity contribution is 7.71. The van der Waals surface area contributed by atoms with Crippen LogP contribution in [0.25, 0.3) is 21.8 Å². The molecule has 0 saturated heterocycles. The third-order valence-electron chi connectivity index (χ3n) is 2.75. The number of hydrogen-bond acceptors (Lipinski definition) is 3. The van der Waals surface area contributed by atoms with Gasteiger partial charge >= 0.3 is 0 Å². The van der Waals surface area contributed by atoms with Crippen molar-refractivity contribution in [3.8, 4) is 5.88 Å². The molecular weight excluding hydrogens is 232 g/mol. The monoisotopic (exact) mass is 242 g/mol. The molecule has 84 valence electrons. The Hall–Kier alpha value is -1.94. The smallest absolute Gasteiger partial charge is 0.249 e. The molecule has 3 aromatic rings. The third kappa shape index (κ3) is 1.57. The van der Waals surface area contributed by atoms with Crippen molar-refractivity contribution in [1.82, 2.24) is 9.97 Å². The first-order valence-electron chi connectivity index (χ1n) is 5.25. The first-order chi connectivity index (χ1) is 8.29. The predicted octanol–water partition coefficient (Wildman–Crippen LogP) is 3.45. The zero-order valence-electron chi connectivity index (χ0n) is 9.23. The topological polar surface area (TPSA) is 37.9 Å². The number of nitrogens with one attached hydrogen (secondary N) is 1. The Morgan fingerprint density at radius 2 is 2.00 bits per heavy atom. The van der Waals surface area contributed by atoms with Gasteiger partial charge in [-0.15, -0.1) is 0 Å². The van der Waals surface area contributed by atoms with Crippen LogP contribution in [0.1, 0.15) is 0 Å². The van der Waals surface area contributed by atoms with Crippen molar-refractivity contribution in [2.45, 2.75) is 0 Å². The molecular formula is C13H10N2OS. The fraction of sp³-hybridized carbons (Fsp3) is 0.0769. The van der Waals surface area contributed by atoms with E-state index in [1.165, 1.54) is 0 Å². The van der Waals surface area contributed by atoms with Crippen LogP contribution in [0.4, 0.5) is 0 Å². The number of ether oxygens (including phenoxy) is 1. The minimum absolute atomic E-state index is 0.462. The number of methoxy groups -OCH3 is 1. The number of benzene rings is 2. The van der Waals surface area contributed by atoms with Crippen LogP contribution in [-0.2, 0) is 0 Å². The molecule has 17 heavy (non-hydrogen) atoms. The van der Waals surface area contributed by atoms with Crippen molar-refractivity contribution >= 4 is 34.0 Å². The van der Waals surface area contributed by atoms with Crippen molar-refractivity contribution < 1.29 is 4.74 Å². The average molecular weight is 242 g/mol. The summed E-state index contributed by atoms with van der Waals surface area (Å²) in [5, 5.41) is 2.25. The fourth-order valence-corrected chi connectivity index (χ4v) is 2.18. The molecule has 1 aromatic heterocycles. The first-order valence-corrected chi connectivity index (χ1v) is 5.66. The van der Waals surface area contributed by atoms with E-state index in [9.17, 15) is 0 Å². The number of fused-ring (bicyclic) bond motifs is 3. The number of H-pyrrole nitrogens is 1. The zero-order valence-corrected chi connectivity index (χ0v) is 10.0. The van der Waals surface area contributed by atoms with E-state index in [4.69, 9.17) is 17.0 Å². The van der Waals surface area contributed by atoms with E-state index in [0.717, 1.165) is 21.8 Å². The second kappa shape index (κ2) is 3.82. The summed E-state index contributed by atoms with van der Waals surface area (Å²) >= 11 is 5.16. The van der Waals surface area contributed by atoms with Gasteiger partial charge < -0.3 is 9.72 Å². The Morgan fingerprint density at radius 3 is 2.82 bits per heavy atom. The van der Waals surface area contributed by atoms with Gasteiger partial charge in [-0.3, -0.25) is 0 Å². The lowest BCUT2D eigenvalue weighted by atomic mass is 10.1. The van der Waals surface area contributed by atoms with Crippen molar-refractivity contribution in [3.05, 3.63) is 41.0 Å². The largest absolute Gasteiger partial charge is 0.479 e. The van der Waals surface area contributed by atoms with Gasteiger partial charge in [0.2, 0.25) is 5.88 Å². The second-order valence-corrected chi connectivity index (χ2v) is 4.17. The van der Waals surface area contributed by atoms with E-state index < -0.39 is 0 Å². The zero-order chi connectivity index (χ0) is 11.8. The maximum atomic E-state index is 5.16. The van der Waals surface area contributed by atoms with Gasteiger partial charge in [0.25, 0.3) is 0 Å². The molecule has 3 nitrogen and oxygen atoms in total. The van der Waals surface area contributed by atoms with Gasteiger partial charge in [0.1, 0.15) is 0 Å². The molecule has 0 fully saturated rings. The Balaban J connectivity index is 2.52. The van der Waals surface area contributed by atoms with Gasteiger partial charge in [-0.05, 0) is 11.5 Å².